The first kappa shape index (κ1) is 24.2. The van der Waals surface area contributed by atoms with E-state index >= 15 is 0 Å². The van der Waals surface area contributed by atoms with Gasteiger partial charge in [0.1, 0.15) is 16.4 Å². The number of thiazole rings is 1. The molecule has 11 nitrogen and oxygen atoms in total. The third kappa shape index (κ3) is 4.43. The fraction of sp³-hybridized carbons (Fsp3) is 0.417. The number of aryl methyl sites for hydroxylation is 1. The van der Waals surface area contributed by atoms with Gasteiger partial charge in [0.25, 0.3) is 5.91 Å². The van der Waals surface area contributed by atoms with Crippen LogP contribution in [0, 0.1) is 6.92 Å². The van der Waals surface area contributed by atoms with E-state index in [9.17, 15) is 9.90 Å². The van der Waals surface area contributed by atoms with Crippen LogP contribution in [0.1, 0.15) is 15.5 Å². The van der Waals surface area contributed by atoms with E-state index in [1.807, 2.05) is 31.0 Å². The molecule has 190 valence electrons. The van der Waals surface area contributed by atoms with Gasteiger partial charge in [-0.3, -0.25) is 9.69 Å². The van der Waals surface area contributed by atoms with Crippen LogP contribution < -0.4 is 24.8 Å². The molecule has 2 N–H and O–H groups in total. The van der Waals surface area contributed by atoms with E-state index in [0.717, 1.165) is 47.6 Å². The molecule has 0 atom stereocenters. The highest BCUT2D eigenvalue weighted by atomic mass is 32.1. The van der Waals surface area contributed by atoms with Gasteiger partial charge in [-0.15, -0.1) is 11.3 Å². The van der Waals surface area contributed by atoms with Crippen LogP contribution in [0.15, 0.2) is 24.4 Å². The maximum atomic E-state index is 13.0. The first-order valence-corrected chi connectivity index (χ1v) is 12.6. The molecular formula is C24H30N8O3S. The van der Waals surface area contributed by atoms with E-state index in [2.05, 4.69) is 31.2 Å². The Morgan fingerprint density at radius 1 is 1.14 bits per heavy atom. The molecule has 2 aromatic heterocycles. The topological polar surface area (TPSA) is 110 Å². The van der Waals surface area contributed by atoms with Gasteiger partial charge in [-0.05, 0) is 19.1 Å². The van der Waals surface area contributed by atoms with Crippen LogP contribution in [0.5, 0.6) is 5.75 Å². The number of nitrogens with zero attached hydrogens (tertiary/aromatic N) is 7. The molecule has 0 spiro atoms. The first-order valence-electron chi connectivity index (χ1n) is 11.8. The van der Waals surface area contributed by atoms with E-state index < -0.39 is 0 Å². The molecule has 5 rings (SSSR count). The van der Waals surface area contributed by atoms with Crippen molar-refractivity contribution in [2.24, 2.45) is 0 Å². The average Bonchev–Trinajstić information content (AvgIpc) is 3.27. The number of aromatic nitrogens is 3. The summed E-state index contributed by atoms with van der Waals surface area (Å²) in [5, 5.41) is 14.0. The van der Waals surface area contributed by atoms with Crippen molar-refractivity contribution in [3.05, 3.63) is 35.1 Å². The first-order chi connectivity index (χ1) is 17.4. The van der Waals surface area contributed by atoms with Crippen molar-refractivity contribution in [1.29, 1.82) is 0 Å². The number of anilines is 6. The number of hydrogen-bond acceptors (Lipinski definition) is 11. The van der Waals surface area contributed by atoms with Crippen LogP contribution in [0.2, 0.25) is 0 Å². The Labute approximate surface area is 214 Å². The molecule has 4 heterocycles. The van der Waals surface area contributed by atoms with Crippen molar-refractivity contribution >= 4 is 51.1 Å². The molecule has 0 bridgehead atoms. The van der Waals surface area contributed by atoms with E-state index in [1.165, 1.54) is 16.2 Å². The lowest BCUT2D eigenvalue weighted by molar-refractivity contribution is 0.0990. The number of methoxy groups -OCH3 is 1. The van der Waals surface area contributed by atoms with Crippen LogP contribution in [-0.4, -0.2) is 91.4 Å². The van der Waals surface area contributed by atoms with E-state index in [1.54, 1.807) is 20.4 Å². The number of aliphatic hydroxyl groups excluding tert-OH is 1. The number of nitrogens with one attached hydrogen (secondary N) is 1. The second-order valence-corrected chi connectivity index (χ2v) is 9.96. The molecule has 0 unspecified atom stereocenters. The minimum absolute atomic E-state index is 0.182. The van der Waals surface area contributed by atoms with Gasteiger partial charge in [0.05, 0.1) is 30.6 Å². The monoisotopic (exact) mass is 510 g/mol. The Kier molecular flexibility index (Phi) is 6.65. The third-order valence-corrected chi connectivity index (χ3v) is 7.59. The molecule has 0 aliphatic carbocycles. The molecule has 0 saturated carbocycles. The van der Waals surface area contributed by atoms with Gasteiger partial charge in [-0.25, -0.2) is 9.97 Å². The molecule has 36 heavy (non-hydrogen) atoms. The zero-order valence-corrected chi connectivity index (χ0v) is 21.7. The number of carbonyl (C=O) groups is 1. The predicted octanol–water partition coefficient (Wildman–Crippen LogP) is 2.47. The standard InChI is InChI=1S/C24H30N8O3S/c1-15-26-20-22(34)29(2)18-14-25-24(28-21(18)30(3)23(20)36-15)27-17-6-5-16(13-19(17)35-4)32-9-7-31(8-10-32)11-12-33/h5-6,13-14,33H,7-12H2,1-4H3,(H,25,27,28). The second-order valence-electron chi connectivity index (χ2n) is 8.77. The Hall–Kier alpha value is -3.48. The minimum Gasteiger partial charge on any atom is -0.494 e. The molecule has 1 fully saturated rings. The molecule has 1 amide bonds. The highest BCUT2D eigenvalue weighted by Crippen LogP contribution is 2.41. The Bertz CT molecular complexity index is 1270. The van der Waals surface area contributed by atoms with Gasteiger partial charge < -0.3 is 29.9 Å². The minimum atomic E-state index is -0.182. The van der Waals surface area contributed by atoms with Crippen molar-refractivity contribution in [3.63, 3.8) is 0 Å². The van der Waals surface area contributed by atoms with Crippen LogP contribution in [-0.2, 0) is 0 Å². The largest absolute Gasteiger partial charge is 0.494 e. The fourth-order valence-corrected chi connectivity index (χ4v) is 5.40. The van der Waals surface area contributed by atoms with Gasteiger partial charge in [-0.2, -0.15) is 4.98 Å². The molecule has 1 saturated heterocycles. The van der Waals surface area contributed by atoms with E-state index in [-0.39, 0.29) is 12.5 Å². The second kappa shape index (κ2) is 9.88. The van der Waals surface area contributed by atoms with Crippen LogP contribution >= 0.6 is 11.3 Å². The molecule has 2 aliphatic heterocycles. The number of ether oxygens (including phenoxy) is 1. The lowest BCUT2D eigenvalue weighted by Gasteiger charge is -2.36. The van der Waals surface area contributed by atoms with Gasteiger partial charge in [0, 0.05) is 58.6 Å². The smallest absolute Gasteiger partial charge is 0.279 e. The van der Waals surface area contributed by atoms with Crippen molar-refractivity contribution in [2.45, 2.75) is 6.92 Å². The number of piperazine rings is 1. The van der Waals surface area contributed by atoms with E-state index in [0.29, 0.717) is 35.4 Å². The number of rotatable bonds is 6. The van der Waals surface area contributed by atoms with Crippen molar-refractivity contribution in [2.75, 3.05) is 80.6 Å². The maximum absolute atomic E-state index is 13.0. The number of hydrogen-bond donors (Lipinski definition) is 2. The Balaban J connectivity index is 1.39. The Morgan fingerprint density at radius 2 is 1.92 bits per heavy atom. The Morgan fingerprint density at radius 3 is 2.64 bits per heavy atom. The number of carbonyl (C=O) groups excluding carboxylic acids is 1. The highest BCUT2D eigenvalue weighted by molar-refractivity contribution is 7.16. The quantitative estimate of drug-likeness (QED) is 0.513. The van der Waals surface area contributed by atoms with Crippen LogP contribution in [0.25, 0.3) is 0 Å². The number of benzene rings is 1. The van der Waals surface area contributed by atoms with Crippen LogP contribution in [0.4, 0.5) is 33.8 Å². The fourth-order valence-electron chi connectivity index (χ4n) is 4.53. The van der Waals surface area contributed by atoms with E-state index in [4.69, 9.17) is 9.72 Å². The predicted molar refractivity (Wildman–Crippen MR) is 142 cm³/mol. The summed E-state index contributed by atoms with van der Waals surface area (Å²) in [6.45, 7) is 6.40. The summed E-state index contributed by atoms with van der Waals surface area (Å²) in [7, 11) is 5.23. The molecule has 12 heteroatoms. The van der Waals surface area contributed by atoms with Gasteiger partial charge in [0.2, 0.25) is 5.95 Å². The van der Waals surface area contributed by atoms with Crippen molar-refractivity contribution < 1.29 is 14.6 Å². The summed E-state index contributed by atoms with van der Waals surface area (Å²) in [5.41, 5.74) is 2.86. The summed E-state index contributed by atoms with van der Waals surface area (Å²) in [6, 6.07) is 6.03. The SMILES string of the molecule is COc1cc(N2CCN(CCO)CC2)ccc1Nc1ncc2c(n1)N(C)c1sc(C)nc1C(=O)N2C. The summed E-state index contributed by atoms with van der Waals surface area (Å²) < 4.78 is 5.68. The van der Waals surface area contributed by atoms with Gasteiger partial charge in [-0.1, -0.05) is 0 Å². The average molecular weight is 511 g/mol. The number of aliphatic hydroxyl groups is 1. The highest BCUT2D eigenvalue weighted by Gasteiger charge is 2.32. The summed E-state index contributed by atoms with van der Waals surface area (Å²) >= 11 is 1.46. The van der Waals surface area contributed by atoms with Gasteiger partial charge in [0.15, 0.2) is 11.5 Å². The van der Waals surface area contributed by atoms with Crippen LogP contribution in [0.3, 0.4) is 0 Å². The normalized spacial score (nSPS) is 16.0. The lowest BCUT2D eigenvalue weighted by atomic mass is 10.2. The van der Waals surface area contributed by atoms with Crippen molar-refractivity contribution in [3.8, 4) is 5.75 Å². The lowest BCUT2D eigenvalue weighted by Crippen LogP contribution is -2.47. The van der Waals surface area contributed by atoms with Gasteiger partial charge >= 0.3 is 0 Å². The molecule has 2 aliphatic rings. The number of β-amino-alcohol motifs (C(OH)–C–C–N with tert-alkyl or cyclic N) is 1. The summed E-state index contributed by atoms with van der Waals surface area (Å²) in [5.74, 6) is 1.51. The zero-order valence-electron chi connectivity index (χ0n) is 20.9. The number of amides is 1. The molecular weight excluding hydrogens is 480 g/mol. The summed E-state index contributed by atoms with van der Waals surface area (Å²) in [6.07, 6.45) is 1.65. The van der Waals surface area contributed by atoms with Crippen molar-refractivity contribution in [1.82, 2.24) is 19.9 Å². The molecule has 1 aromatic carbocycles. The number of fused-ring (bicyclic) bond motifs is 2. The summed E-state index contributed by atoms with van der Waals surface area (Å²) in [4.78, 5) is 34.6. The third-order valence-electron chi connectivity index (χ3n) is 6.54. The zero-order chi connectivity index (χ0) is 25.4. The maximum Gasteiger partial charge on any atom is 0.279 e. The molecule has 0 radical (unpaired) electrons. The molecule has 3 aromatic rings.